The van der Waals surface area contributed by atoms with Crippen LogP contribution in [0, 0.1) is 19.8 Å². The third-order valence-corrected chi connectivity index (χ3v) is 4.75. The number of nitrogens with zero attached hydrogens (tertiary/aromatic N) is 5. The maximum Gasteiger partial charge on any atom is 0.248 e. The molecule has 3 heterocycles. The number of aromatic amines is 1. The van der Waals surface area contributed by atoms with Crippen molar-refractivity contribution >= 4 is 17.8 Å². The molecular formula is C17H23N7O. The topological polar surface area (TPSA) is 99.7 Å². The van der Waals surface area contributed by atoms with E-state index in [1.807, 2.05) is 19.9 Å². The first-order chi connectivity index (χ1) is 12.1. The zero-order valence-electron chi connectivity index (χ0n) is 14.6. The molecule has 8 heteroatoms. The Labute approximate surface area is 146 Å². The van der Waals surface area contributed by atoms with E-state index in [4.69, 9.17) is 0 Å². The second-order valence-electron chi connectivity index (χ2n) is 7.04. The van der Waals surface area contributed by atoms with Crippen molar-refractivity contribution in [3.8, 4) is 0 Å². The van der Waals surface area contributed by atoms with Crippen LogP contribution >= 0.6 is 0 Å². The van der Waals surface area contributed by atoms with Gasteiger partial charge in [-0.05, 0) is 45.6 Å². The molecule has 0 radical (unpaired) electrons. The second kappa shape index (κ2) is 6.42. The highest BCUT2D eigenvalue weighted by Crippen LogP contribution is 2.38. The second-order valence-corrected chi connectivity index (χ2v) is 7.04. The first-order valence-electron chi connectivity index (χ1n) is 8.89. The largest absolute Gasteiger partial charge is 0.340 e. The van der Waals surface area contributed by atoms with E-state index in [1.54, 1.807) is 0 Å². The molecule has 1 atom stereocenters. The molecule has 2 N–H and O–H groups in total. The van der Waals surface area contributed by atoms with Crippen LogP contribution in [0.25, 0.3) is 0 Å². The van der Waals surface area contributed by atoms with Gasteiger partial charge in [0, 0.05) is 30.4 Å². The highest BCUT2D eigenvalue weighted by molar-refractivity contribution is 5.91. The average molecular weight is 341 g/mol. The number of hydrogen-bond acceptors (Lipinski definition) is 6. The number of aromatic nitrogens is 5. The lowest BCUT2D eigenvalue weighted by Crippen LogP contribution is -2.41. The van der Waals surface area contributed by atoms with Crippen molar-refractivity contribution in [2.45, 2.75) is 45.4 Å². The number of aryl methyl sites for hydroxylation is 2. The van der Waals surface area contributed by atoms with Crippen molar-refractivity contribution in [3.05, 3.63) is 23.3 Å². The van der Waals surface area contributed by atoms with Gasteiger partial charge in [-0.3, -0.25) is 15.2 Å². The van der Waals surface area contributed by atoms with Gasteiger partial charge in [-0.15, -0.1) is 5.10 Å². The Bertz CT molecular complexity index is 763. The van der Waals surface area contributed by atoms with Gasteiger partial charge >= 0.3 is 0 Å². The Morgan fingerprint density at radius 1 is 1.20 bits per heavy atom. The Hall–Kier alpha value is -2.51. The Balaban J connectivity index is 1.41. The fourth-order valence-electron chi connectivity index (χ4n) is 3.30. The van der Waals surface area contributed by atoms with Crippen molar-refractivity contribution in [1.82, 2.24) is 25.1 Å². The van der Waals surface area contributed by atoms with Gasteiger partial charge in [0.05, 0.1) is 5.92 Å². The molecule has 4 rings (SSSR count). The molecule has 1 aliphatic carbocycles. The minimum absolute atomic E-state index is 0.0320. The van der Waals surface area contributed by atoms with Crippen LogP contribution in [0.3, 0.4) is 0 Å². The number of piperidine rings is 1. The predicted octanol–water partition coefficient (Wildman–Crippen LogP) is 1.94. The van der Waals surface area contributed by atoms with Crippen LogP contribution in [-0.2, 0) is 4.79 Å². The molecule has 1 aliphatic heterocycles. The van der Waals surface area contributed by atoms with E-state index in [9.17, 15) is 4.79 Å². The molecule has 2 aromatic heterocycles. The van der Waals surface area contributed by atoms with Gasteiger partial charge in [0.15, 0.2) is 0 Å². The first-order valence-corrected chi connectivity index (χ1v) is 8.89. The van der Waals surface area contributed by atoms with Crippen LogP contribution in [0.15, 0.2) is 6.07 Å². The zero-order valence-corrected chi connectivity index (χ0v) is 14.6. The zero-order chi connectivity index (χ0) is 17.4. The summed E-state index contributed by atoms with van der Waals surface area (Å²) in [5.74, 6) is 2.32. The van der Waals surface area contributed by atoms with E-state index in [0.717, 1.165) is 49.4 Å². The summed E-state index contributed by atoms with van der Waals surface area (Å²) >= 11 is 0. The van der Waals surface area contributed by atoms with Crippen molar-refractivity contribution in [2.75, 3.05) is 23.3 Å². The van der Waals surface area contributed by atoms with Crippen LogP contribution < -0.4 is 10.2 Å². The fourth-order valence-corrected chi connectivity index (χ4v) is 3.30. The number of anilines is 2. The quantitative estimate of drug-likeness (QED) is 0.881. The molecule has 2 aromatic rings. The molecule has 0 spiro atoms. The molecule has 1 saturated heterocycles. The van der Waals surface area contributed by atoms with E-state index in [0.29, 0.717) is 24.4 Å². The van der Waals surface area contributed by atoms with Gasteiger partial charge in [-0.2, -0.15) is 4.98 Å². The number of hydrogen-bond donors (Lipinski definition) is 2. The van der Waals surface area contributed by atoms with E-state index < -0.39 is 0 Å². The summed E-state index contributed by atoms with van der Waals surface area (Å²) in [5, 5.41) is 9.87. The average Bonchev–Trinajstić information content (AvgIpc) is 3.34. The summed E-state index contributed by atoms with van der Waals surface area (Å²) in [6.07, 6.45) is 4.09. The molecule has 25 heavy (non-hydrogen) atoms. The third kappa shape index (κ3) is 3.62. The highest BCUT2D eigenvalue weighted by Gasteiger charge is 2.30. The number of rotatable bonds is 4. The summed E-state index contributed by atoms with van der Waals surface area (Å²) in [5.41, 5.74) is 1.89. The maximum atomic E-state index is 12.6. The molecule has 2 fully saturated rings. The highest BCUT2D eigenvalue weighted by atomic mass is 16.2. The minimum atomic E-state index is -0.110. The van der Waals surface area contributed by atoms with Gasteiger partial charge in [0.1, 0.15) is 5.82 Å². The van der Waals surface area contributed by atoms with E-state index in [2.05, 4.69) is 35.4 Å². The molecule has 0 unspecified atom stereocenters. The summed E-state index contributed by atoms with van der Waals surface area (Å²) < 4.78 is 0. The number of amides is 1. The van der Waals surface area contributed by atoms with Crippen LogP contribution in [0.2, 0.25) is 0 Å². The van der Waals surface area contributed by atoms with Crippen LogP contribution in [0.5, 0.6) is 0 Å². The first kappa shape index (κ1) is 16.0. The lowest BCUT2D eigenvalue weighted by atomic mass is 9.97. The molecule has 0 aromatic carbocycles. The summed E-state index contributed by atoms with van der Waals surface area (Å²) in [6.45, 7) is 5.42. The summed E-state index contributed by atoms with van der Waals surface area (Å²) in [4.78, 5) is 28.1. The smallest absolute Gasteiger partial charge is 0.248 e. The molecule has 2 aliphatic rings. The predicted molar refractivity (Wildman–Crippen MR) is 93.4 cm³/mol. The van der Waals surface area contributed by atoms with Crippen molar-refractivity contribution in [2.24, 2.45) is 5.92 Å². The van der Waals surface area contributed by atoms with E-state index in [1.165, 1.54) is 0 Å². The summed E-state index contributed by atoms with van der Waals surface area (Å²) in [7, 11) is 0. The standard InChI is InChI=1S/C17H23N7O/c1-10-8-11(2)19-17(18-10)24-7-3-4-13(9-24)15(25)21-16-20-14(22-23-16)12-5-6-12/h8,12-13H,3-7,9H2,1-2H3,(H2,20,21,22,23,25)/t13-/m0/s1. The van der Waals surface area contributed by atoms with Crippen molar-refractivity contribution in [3.63, 3.8) is 0 Å². The van der Waals surface area contributed by atoms with Gasteiger partial charge in [0.25, 0.3) is 0 Å². The van der Waals surface area contributed by atoms with Crippen LogP contribution in [0.1, 0.15) is 48.8 Å². The van der Waals surface area contributed by atoms with Crippen molar-refractivity contribution in [1.29, 1.82) is 0 Å². The molecule has 132 valence electrons. The lowest BCUT2D eigenvalue weighted by Gasteiger charge is -2.32. The number of nitrogens with one attached hydrogen (secondary N) is 2. The fraction of sp³-hybridized carbons (Fsp3) is 0.588. The van der Waals surface area contributed by atoms with Gasteiger partial charge in [0.2, 0.25) is 17.8 Å². The van der Waals surface area contributed by atoms with Crippen LogP contribution in [-0.4, -0.2) is 44.1 Å². The number of carbonyl (C=O) groups excluding carboxylic acids is 1. The molecule has 1 saturated carbocycles. The monoisotopic (exact) mass is 341 g/mol. The Kier molecular flexibility index (Phi) is 4.10. The Morgan fingerprint density at radius 3 is 2.68 bits per heavy atom. The number of carbonyl (C=O) groups is 1. The summed E-state index contributed by atoms with van der Waals surface area (Å²) in [6, 6.07) is 1.96. The Morgan fingerprint density at radius 2 is 1.96 bits per heavy atom. The normalized spacial score (nSPS) is 20.6. The number of H-pyrrole nitrogens is 1. The van der Waals surface area contributed by atoms with Gasteiger partial charge < -0.3 is 4.90 Å². The lowest BCUT2D eigenvalue weighted by molar-refractivity contribution is -0.120. The molecule has 8 nitrogen and oxygen atoms in total. The minimum Gasteiger partial charge on any atom is -0.340 e. The SMILES string of the molecule is Cc1cc(C)nc(N2CCC[C@H](C(=O)Nc3n[nH]c(C4CC4)n3)C2)n1. The van der Waals surface area contributed by atoms with Gasteiger partial charge in [-0.1, -0.05) is 0 Å². The maximum absolute atomic E-state index is 12.6. The molecule has 0 bridgehead atoms. The molecular weight excluding hydrogens is 318 g/mol. The third-order valence-electron chi connectivity index (χ3n) is 4.75. The van der Waals surface area contributed by atoms with Crippen molar-refractivity contribution < 1.29 is 4.79 Å². The van der Waals surface area contributed by atoms with Crippen LogP contribution in [0.4, 0.5) is 11.9 Å². The van der Waals surface area contributed by atoms with E-state index in [-0.39, 0.29) is 11.8 Å². The van der Waals surface area contributed by atoms with Gasteiger partial charge in [-0.25, -0.2) is 9.97 Å². The van der Waals surface area contributed by atoms with E-state index >= 15 is 0 Å². The molecule has 1 amide bonds.